The van der Waals surface area contributed by atoms with Gasteiger partial charge in [-0.15, -0.1) is 0 Å². The Morgan fingerprint density at radius 3 is 2.69 bits per heavy atom. The van der Waals surface area contributed by atoms with Crippen molar-refractivity contribution in [2.24, 2.45) is 5.73 Å². The van der Waals surface area contributed by atoms with E-state index in [1.54, 1.807) is 0 Å². The second-order valence-corrected chi connectivity index (χ2v) is 3.13. The van der Waals surface area contributed by atoms with E-state index in [2.05, 4.69) is 5.10 Å². The Morgan fingerprint density at radius 2 is 2.15 bits per heavy atom. The molecule has 0 unspecified atom stereocenters. The molecule has 0 aliphatic rings. The number of nitrogens with zero attached hydrogens (tertiary/aromatic N) is 2. The number of hydrogen-bond acceptors (Lipinski definition) is 3. The van der Waals surface area contributed by atoms with E-state index < -0.39 is 0 Å². The van der Waals surface area contributed by atoms with E-state index in [-0.39, 0.29) is 6.61 Å². The minimum atomic E-state index is 0.129. The van der Waals surface area contributed by atoms with Crippen molar-refractivity contribution in [1.82, 2.24) is 9.78 Å². The number of aryl methyl sites for hydroxylation is 1. The molecule has 1 heterocycles. The zero-order valence-corrected chi connectivity index (χ0v) is 8.25. The molecule has 74 valence electrons. The molecule has 4 nitrogen and oxygen atoms in total. The summed E-state index contributed by atoms with van der Waals surface area (Å²) in [5.41, 5.74) is 8.86. The highest BCUT2D eigenvalue weighted by molar-refractivity contribution is 5.24. The van der Waals surface area contributed by atoms with Crippen molar-refractivity contribution in [3.63, 3.8) is 0 Å². The van der Waals surface area contributed by atoms with Gasteiger partial charge in [-0.2, -0.15) is 5.10 Å². The van der Waals surface area contributed by atoms with Gasteiger partial charge in [0.1, 0.15) is 0 Å². The van der Waals surface area contributed by atoms with Crippen molar-refractivity contribution < 1.29 is 5.11 Å². The van der Waals surface area contributed by atoms with Gasteiger partial charge >= 0.3 is 0 Å². The Morgan fingerprint density at radius 1 is 1.46 bits per heavy atom. The predicted octanol–water partition coefficient (Wildman–Crippen LogP) is -0.00656. The van der Waals surface area contributed by atoms with Crippen LogP contribution in [0.2, 0.25) is 0 Å². The SMILES string of the molecule is Cc1nn(CCO)c(C)c1CCN. The average Bonchev–Trinajstić information content (AvgIpc) is 2.34. The van der Waals surface area contributed by atoms with Crippen LogP contribution in [0.5, 0.6) is 0 Å². The van der Waals surface area contributed by atoms with E-state index >= 15 is 0 Å². The Balaban J connectivity index is 2.92. The van der Waals surface area contributed by atoms with E-state index in [1.807, 2.05) is 18.5 Å². The van der Waals surface area contributed by atoms with E-state index in [0.29, 0.717) is 13.1 Å². The lowest BCUT2D eigenvalue weighted by Crippen LogP contribution is -2.07. The van der Waals surface area contributed by atoms with Crippen LogP contribution in [0.25, 0.3) is 0 Å². The molecule has 0 aliphatic heterocycles. The largest absolute Gasteiger partial charge is 0.394 e. The van der Waals surface area contributed by atoms with Gasteiger partial charge in [-0.25, -0.2) is 0 Å². The van der Waals surface area contributed by atoms with Crippen LogP contribution in [0.4, 0.5) is 0 Å². The van der Waals surface area contributed by atoms with Crippen LogP contribution in [0, 0.1) is 13.8 Å². The first-order chi connectivity index (χ1) is 6.20. The molecule has 0 saturated carbocycles. The summed E-state index contributed by atoms with van der Waals surface area (Å²) in [6.45, 7) is 5.33. The van der Waals surface area contributed by atoms with Gasteiger partial charge in [-0.05, 0) is 32.4 Å². The van der Waals surface area contributed by atoms with Gasteiger partial charge in [0.2, 0.25) is 0 Å². The fourth-order valence-corrected chi connectivity index (χ4v) is 1.55. The maximum Gasteiger partial charge on any atom is 0.0644 e. The third-order valence-electron chi connectivity index (χ3n) is 2.24. The topological polar surface area (TPSA) is 64.1 Å². The number of nitrogens with two attached hydrogens (primary N) is 1. The van der Waals surface area contributed by atoms with Crippen LogP contribution in [0.1, 0.15) is 17.0 Å². The first-order valence-corrected chi connectivity index (χ1v) is 4.54. The van der Waals surface area contributed by atoms with Gasteiger partial charge in [-0.3, -0.25) is 4.68 Å². The zero-order valence-electron chi connectivity index (χ0n) is 8.25. The van der Waals surface area contributed by atoms with Crippen molar-refractivity contribution >= 4 is 0 Å². The Hall–Kier alpha value is -0.870. The Kier molecular flexibility index (Phi) is 3.45. The minimum Gasteiger partial charge on any atom is -0.394 e. The zero-order chi connectivity index (χ0) is 9.84. The molecule has 13 heavy (non-hydrogen) atoms. The summed E-state index contributed by atoms with van der Waals surface area (Å²) in [6.07, 6.45) is 0.864. The van der Waals surface area contributed by atoms with Crippen molar-refractivity contribution in [3.05, 3.63) is 17.0 Å². The quantitative estimate of drug-likeness (QED) is 0.690. The van der Waals surface area contributed by atoms with Crippen LogP contribution in [0.3, 0.4) is 0 Å². The van der Waals surface area contributed by atoms with Crippen molar-refractivity contribution in [1.29, 1.82) is 0 Å². The molecule has 0 fully saturated rings. The minimum absolute atomic E-state index is 0.129. The molecule has 4 heteroatoms. The smallest absolute Gasteiger partial charge is 0.0644 e. The molecule has 1 aromatic heterocycles. The molecule has 0 amide bonds. The summed E-state index contributed by atoms with van der Waals surface area (Å²) in [5, 5.41) is 13.1. The summed E-state index contributed by atoms with van der Waals surface area (Å²) in [6, 6.07) is 0. The number of rotatable bonds is 4. The molecule has 0 aliphatic carbocycles. The maximum absolute atomic E-state index is 8.79. The number of aliphatic hydroxyl groups excluding tert-OH is 1. The molecule has 1 rings (SSSR count). The fraction of sp³-hybridized carbons (Fsp3) is 0.667. The molecule has 0 spiro atoms. The highest BCUT2D eigenvalue weighted by Gasteiger charge is 2.09. The summed E-state index contributed by atoms with van der Waals surface area (Å²) < 4.78 is 1.83. The van der Waals surface area contributed by atoms with Gasteiger partial charge in [0, 0.05) is 5.69 Å². The van der Waals surface area contributed by atoms with E-state index in [4.69, 9.17) is 10.8 Å². The van der Waals surface area contributed by atoms with Crippen LogP contribution >= 0.6 is 0 Å². The van der Waals surface area contributed by atoms with Crippen LogP contribution < -0.4 is 5.73 Å². The second-order valence-electron chi connectivity index (χ2n) is 3.13. The normalized spacial score (nSPS) is 10.8. The lowest BCUT2D eigenvalue weighted by atomic mass is 10.1. The highest BCUT2D eigenvalue weighted by Crippen LogP contribution is 2.12. The average molecular weight is 183 g/mol. The molecule has 0 bridgehead atoms. The van der Waals surface area contributed by atoms with Crippen molar-refractivity contribution in [3.8, 4) is 0 Å². The van der Waals surface area contributed by atoms with Crippen molar-refractivity contribution in [2.75, 3.05) is 13.2 Å². The summed E-state index contributed by atoms with van der Waals surface area (Å²) >= 11 is 0. The Bertz CT molecular complexity index is 281. The first-order valence-electron chi connectivity index (χ1n) is 4.54. The van der Waals surface area contributed by atoms with E-state index in [9.17, 15) is 0 Å². The van der Waals surface area contributed by atoms with Gasteiger partial charge < -0.3 is 10.8 Å². The maximum atomic E-state index is 8.79. The standard InChI is InChI=1S/C9H17N3O/c1-7-9(3-4-10)8(2)12(11-7)5-6-13/h13H,3-6,10H2,1-2H3. The number of aromatic nitrogens is 2. The van der Waals surface area contributed by atoms with Crippen LogP contribution in [-0.2, 0) is 13.0 Å². The van der Waals surface area contributed by atoms with E-state index in [1.165, 1.54) is 5.56 Å². The molecule has 0 aromatic carbocycles. The molecule has 3 N–H and O–H groups in total. The third-order valence-corrected chi connectivity index (χ3v) is 2.24. The highest BCUT2D eigenvalue weighted by atomic mass is 16.3. The first kappa shape index (κ1) is 10.2. The number of aliphatic hydroxyl groups is 1. The third kappa shape index (κ3) is 2.08. The molecular formula is C9H17N3O. The summed E-state index contributed by atoms with van der Waals surface area (Å²) in [5.74, 6) is 0. The fourth-order valence-electron chi connectivity index (χ4n) is 1.55. The molecule has 0 saturated heterocycles. The van der Waals surface area contributed by atoms with Crippen LogP contribution in [0.15, 0.2) is 0 Å². The lowest BCUT2D eigenvalue weighted by Gasteiger charge is -2.01. The second kappa shape index (κ2) is 4.39. The van der Waals surface area contributed by atoms with Gasteiger partial charge in [-0.1, -0.05) is 0 Å². The number of hydrogen-bond donors (Lipinski definition) is 2. The predicted molar refractivity (Wildman–Crippen MR) is 51.5 cm³/mol. The van der Waals surface area contributed by atoms with E-state index in [0.717, 1.165) is 17.8 Å². The monoisotopic (exact) mass is 183 g/mol. The van der Waals surface area contributed by atoms with Gasteiger partial charge in [0.25, 0.3) is 0 Å². The van der Waals surface area contributed by atoms with Crippen molar-refractivity contribution in [2.45, 2.75) is 26.8 Å². The molecule has 1 aromatic rings. The molecule has 0 radical (unpaired) electrons. The van der Waals surface area contributed by atoms with Crippen LogP contribution in [-0.4, -0.2) is 28.0 Å². The summed E-state index contributed by atoms with van der Waals surface area (Å²) in [4.78, 5) is 0. The lowest BCUT2D eigenvalue weighted by molar-refractivity contribution is 0.268. The molecular weight excluding hydrogens is 166 g/mol. The van der Waals surface area contributed by atoms with Gasteiger partial charge in [0.05, 0.1) is 18.8 Å². The Labute approximate surface area is 78.4 Å². The van der Waals surface area contributed by atoms with Gasteiger partial charge in [0.15, 0.2) is 0 Å². The molecule has 0 atom stereocenters. The summed E-state index contributed by atoms with van der Waals surface area (Å²) in [7, 11) is 0.